The van der Waals surface area contributed by atoms with Crippen LogP contribution in [-0.2, 0) is 12.8 Å². The van der Waals surface area contributed by atoms with Crippen LogP contribution in [0, 0.1) is 0 Å². The summed E-state index contributed by atoms with van der Waals surface area (Å²) < 4.78 is 38.7. The van der Waals surface area contributed by atoms with E-state index < -0.39 is 23.8 Å². The molecule has 1 aliphatic heterocycles. The van der Waals surface area contributed by atoms with E-state index in [4.69, 9.17) is 5.11 Å². The van der Waals surface area contributed by atoms with E-state index in [0.29, 0.717) is 6.54 Å². The summed E-state index contributed by atoms with van der Waals surface area (Å²) in [4.78, 5) is 13.5. The van der Waals surface area contributed by atoms with Gasteiger partial charge in [0.05, 0.1) is 18.2 Å². The summed E-state index contributed by atoms with van der Waals surface area (Å²) in [6.07, 6.45) is -4.47. The minimum absolute atomic E-state index is 0.0977. The third-order valence-corrected chi connectivity index (χ3v) is 3.98. The van der Waals surface area contributed by atoms with E-state index in [1.807, 2.05) is 0 Å². The summed E-state index contributed by atoms with van der Waals surface area (Å²) in [7, 11) is 0. The first-order chi connectivity index (χ1) is 11.4. The smallest absolute Gasteiger partial charge is 0.392 e. The normalized spacial score (nSPS) is 17.9. The zero-order valence-electron chi connectivity index (χ0n) is 12.5. The maximum absolute atomic E-state index is 12.9. The van der Waals surface area contributed by atoms with Crippen molar-refractivity contribution in [2.75, 3.05) is 11.4 Å². The molecule has 0 aliphatic carbocycles. The molecule has 1 aliphatic rings. The fourth-order valence-electron chi connectivity index (χ4n) is 2.74. The number of aliphatic hydroxyl groups is 1. The van der Waals surface area contributed by atoms with Gasteiger partial charge in [0.1, 0.15) is 0 Å². The average molecular weight is 336 g/mol. The van der Waals surface area contributed by atoms with Crippen molar-refractivity contribution in [3.8, 4) is 0 Å². The van der Waals surface area contributed by atoms with E-state index in [0.717, 1.165) is 23.3 Å². The predicted octanol–water partition coefficient (Wildman–Crippen LogP) is 3.47. The summed E-state index contributed by atoms with van der Waals surface area (Å²) >= 11 is 0. The molecule has 2 amide bonds. The fraction of sp³-hybridized carbons (Fsp3) is 0.235. The molecule has 0 bridgehead atoms. The number of carbonyl (C=O) groups excluding carboxylic acids is 1. The van der Waals surface area contributed by atoms with Gasteiger partial charge >= 0.3 is 12.2 Å². The summed E-state index contributed by atoms with van der Waals surface area (Å²) in [5.74, 6) is 0. The van der Waals surface area contributed by atoms with Gasteiger partial charge in [-0.15, -0.1) is 0 Å². The van der Waals surface area contributed by atoms with Crippen molar-refractivity contribution in [3.63, 3.8) is 0 Å². The predicted molar refractivity (Wildman–Crippen MR) is 82.4 cm³/mol. The molecular weight excluding hydrogens is 321 g/mol. The zero-order chi connectivity index (χ0) is 17.3. The van der Waals surface area contributed by atoms with Gasteiger partial charge < -0.3 is 10.4 Å². The van der Waals surface area contributed by atoms with Gasteiger partial charge in [0.15, 0.2) is 0 Å². The molecule has 0 radical (unpaired) electrons. The van der Waals surface area contributed by atoms with E-state index in [2.05, 4.69) is 5.32 Å². The Balaban J connectivity index is 1.96. The number of benzene rings is 2. The lowest BCUT2D eigenvalue weighted by atomic mass is 10.0. The van der Waals surface area contributed by atoms with Gasteiger partial charge in [0.25, 0.3) is 0 Å². The van der Waals surface area contributed by atoms with E-state index in [-0.39, 0.29) is 12.3 Å². The molecule has 3 rings (SSSR count). The molecule has 4 nitrogen and oxygen atoms in total. The molecule has 24 heavy (non-hydrogen) atoms. The Kier molecular flexibility index (Phi) is 4.19. The van der Waals surface area contributed by atoms with Crippen LogP contribution < -0.4 is 10.2 Å². The molecule has 2 aromatic rings. The average Bonchev–Trinajstić information content (AvgIpc) is 2.96. The molecule has 0 spiro atoms. The van der Waals surface area contributed by atoms with Crippen LogP contribution in [-0.4, -0.2) is 17.7 Å². The third-order valence-electron chi connectivity index (χ3n) is 3.98. The first kappa shape index (κ1) is 16.3. The number of hydrogen-bond acceptors (Lipinski definition) is 2. The number of alkyl halides is 3. The van der Waals surface area contributed by atoms with Crippen LogP contribution in [0.15, 0.2) is 48.5 Å². The number of nitrogens with zero attached hydrogens (tertiary/aromatic N) is 1. The lowest BCUT2D eigenvalue weighted by molar-refractivity contribution is -0.137. The lowest BCUT2D eigenvalue weighted by Crippen LogP contribution is -2.29. The first-order valence-corrected chi connectivity index (χ1v) is 7.34. The Hall–Kier alpha value is -2.54. The lowest BCUT2D eigenvalue weighted by Gasteiger charge is -2.24. The van der Waals surface area contributed by atoms with Gasteiger partial charge in [-0.05, 0) is 29.3 Å². The fourth-order valence-corrected chi connectivity index (χ4v) is 2.74. The quantitative estimate of drug-likeness (QED) is 0.902. The van der Waals surface area contributed by atoms with Crippen molar-refractivity contribution in [1.82, 2.24) is 5.32 Å². The second kappa shape index (κ2) is 6.16. The number of amides is 2. The monoisotopic (exact) mass is 336 g/mol. The zero-order valence-corrected chi connectivity index (χ0v) is 12.5. The van der Waals surface area contributed by atoms with Crippen LogP contribution >= 0.6 is 0 Å². The van der Waals surface area contributed by atoms with Crippen LogP contribution in [0.1, 0.15) is 22.7 Å². The molecule has 0 saturated carbocycles. The summed E-state index contributed by atoms with van der Waals surface area (Å²) in [6.45, 7) is 0.201. The number of urea groups is 1. The Morgan fingerprint density at radius 1 is 1.17 bits per heavy atom. The Morgan fingerprint density at radius 3 is 2.50 bits per heavy atom. The van der Waals surface area contributed by atoms with Gasteiger partial charge in [0, 0.05) is 12.2 Å². The Bertz CT molecular complexity index is 744. The van der Waals surface area contributed by atoms with Crippen molar-refractivity contribution in [2.24, 2.45) is 0 Å². The van der Waals surface area contributed by atoms with E-state index in [1.165, 1.54) is 17.0 Å². The van der Waals surface area contributed by atoms with Crippen molar-refractivity contribution < 1.29 is 23.1 Å². The number of halogens is 3. The van der Waals surface area contributed by atoms with Crippen LogP contribution in [0.4, 0.5) is 23.7 Å². The standard InChI is InChI=1S/C17H15F3N2O2/c18-17(19,20)13-2-1-3-14(8-13)22-15(9-21-16(22)24)12-6-4-11(10-23)5-7-12/h1-8,15,23H,9-10H2,(H,21,24). The molecule has 2 aromatic carbocycles. The van der Waals surface area contributed by atoms with Crippen LogP contribution in [0.3, 0.4) is 0 Å². The van der Waals surface area contributed by atoms with Crippen molar-refractivity contribution in [1.29, 1.82) is 0 Å². The summed E-state index contributed by atoms with van der Waals surface area (Å²) in [6, 6.07) is 10.8. The largest absolute Gasteiger partial charge is 0.416 e. The van der Waals surface area contributed by atoms with Crippen LogP contribution in [0.5, 0.6) is 0 Å². The molecule has 1 heterocycles. The maximum atomic E-state index is 12.9. The molecule has 1 fully saturated rings. The molecular formula is C17H15F3N2O2. The number of nitrogens with one attached hydrogen (secondary N) is 1. The number of hydrogen-bond donors (Lipinski definition) is 2. The first-order valence-electron chi connectivity index (χ1n) is 7.34. The Morgan fingerprint density at radius 2 is 1.88 bits per heavy atom. The third kappa shape index (κ3) is 3.07. The van der Waals surface area contributed by atoms with Gasteiger partial charge in [-0.1, -0.05) is 30.3 Å². The van der Waals surface area contributed by atoms with Crippen LogP contribution in [0.2, 0.25) is 0 Å². The molecule has 2 N–H and O–H groups in total. The van der Waals surface area contributed by atoms with Gasteiger partial charge in [-0.25, -0.2) is 4.79 Å². The highest BCUT2D eigenvalue weighted by Crippen LogP contribution is 2.35. The highest BCUT2D eigenvalue weighted by molar-refractivity contribution is 5.95. The Labute approximate surface area is 136 Å². The van der Waals surface area contributed by atoms with Gasteiger partial charge in [-0.3, -0.25) is 4.90 Å². The van der Waals surface area contributed by atoms with Crippen LogP contribution in [0.25, 0.3) is 0 Å². The van der Waals surface area contributed by atoms with Crippen molar-refractivity contribution >= 4 is 11.7 Å². The highest BCUT2D eigenvalue weighted by Gasteiger charge is 2.35. The molecule has 126 valence electrons. The van der Waals surface area contributed by atoms with Crippen molar-refractivity contribution in [3.05, 3.63) is 65.2 Å². The van der Waals surface area contributed by atoms with E-state index >= 15 is 0 Å². The maximum Gasteiger partial charge on any atom is 0.416 e. The second-order valence-electron chi connectivity index (χ2n) is 5.52. The molecule has 1 atom stereocenters. The van der Waals surface area contributed by atoms with Gasteiger partial charge in [-0.2, -0.15) is 13.2 Å². The number of aliphatic hydroxyl groups excluding tert-OH is 1. The molecule has 7 heteroatoms. The second-order valence-corrected chi connectivity index (χ2v) is 5.52. The molecule has 0 aromatic heterocycles. The van der Waals surface area contributed by atoms with E-state index in [1.54, 1.807) is 24.3 Å². The summed E-state index contributed by atoms with van der Waals surface area (Å²) in [5, 5.41) is 11.7. The van der Waals surface area contributed by atoms with Gasteiger partial charge in [0.2, 0.25) is 0 Å². The minimum Gasteiger partial charge on any atom is -0.392 e. The SMILES string of the molecule is O=C1NCC(c2ccc(CO)cc2)N1c1cccc(C(F)(F)F)c1. The molecule has 1 unspecified atom stereocenters. The van der Waals surface area contributed by atoms with E-state index in [9.17, 15) is 18.0 Å². The number of carbonyl (C=O) groups is 1. The minimum atomic E-state index is -4.47. The topological polar surface area (TPSA) is 52.6 Å². The highest BCUT2D eigenvalue weighted by atomic mass is 19.4. The number of anilines is 1. The van der Waals surface area contributed by atoms with Crippen molar-refractivity contribution in [2.45, 2.75) is 18.8 Å². The molecule has 1 saturated heterocycles. The number of rotatable bonds is 3. The summed E-state index contributed by atoms with van der Waals surface area (Å²) in [5.41, 5.74) is 0.898.